The summed E-state index contributed by atoms with van der Waals surface area (Å²) in [6.45, 7) is 12.6. The second-order valence-corrected chi connectivity index (χ2v) is 8.34. The molecular formula is C21H37FN4O2. The van der Waals surface area contributed by atoms with Gasteiger partial charge < -0.3 is 10.1 Å². The van der Waals surface area contributed by atoms with Gasteiger partial charge in [0, 0.05) is 58.3 Å². The van der Waals surface area contributed by atoms with E-state index in [1.54, 1.807) is 11.9 Å². The van der Waals surface area contributed by atoms with Gasteiger partial charge in [-0.15, -0.1) is 0 Å². The molecule has 7 heteroatoms. The van der Waals surface area contributed by atoms with Crippen molar-refractivity contribution in [3.63, 3.8) is 0 Å². The molecule has 2 rings (SSSR count). The summed E-state index contributed by atoms with van der Waals surface area (Å²) in [6, 6.07) is 0. The number of aliphatic imine (C=N–C) groups is 1. The molecule has 2 aliphatic rings. The molecule has 1 N–H and O–H groups in total. The van der Waals surface area contributed by atoms with E-state index in [1.807, 2.05) is 13.8 Å². The quantitative estimate of drug-likeness (QED) is 0.554. The van der Waals surface area contributed by atoms with E-state index in [2.05, 4.69) is 29.1 Å². The Morgan fingerprint density at radius 2 is 2.00 bits per heavy atom. The summed E-state index contributed by atoms with van der Waals surface area (Å²) in [5.41, 5.74) is -0.539. The van der Waals surface area contributed by atoms with Gasteiger partial charge >= 0.3 is 0 Å². The lowest BCUT2D eigenvalue weighted by molar-refractivity contribution is -0.140. The molecule has 2 saturated heterocycles. The Morgan fingerprint density at radius 3 is 2.54 bits per heavy atom. The van der Waals surface area contributed by atoms with Crippen LogP contribution in [-0.2, 0) is 9.53 Å². The molecule has 2 aliphatic heterocycles. The van der Waals surface area contributed by atoms with Gasteiger partial charge in [0.05, 0.1) is 5.60 Å². The minimum atomic E-state index is -0.423. The number of carbonyl (C=O) groups excluding carboxylic acids is 1. The van der Waals surface area contributed by atoms with Crippen LogP contribution in [0.1, 0.15) is 53.4 Å². The van der Waals surface area contributed by atoms with Gasteiger partial charge in [-0.25, -0.2) is 4.39 Å². The first kappa shape index (κ1) is 23.0. The van der Waals surface area contributed by atoms with Crippen LogP contribution in [0.25, 0.3) is 0 Å². The van der Waals surface area contributed by atoms with Gasteiger partial charge in [0.1, 0.15) is 0 Å². The average Bonchev–Trinajstić information content (AvgIpc) is 2.67. The van der Waals surface area contributed by atoms with Crippen LogP contribution in [0, 0.1) is 0 Å². The van der Waals surface area contributed by atoms with Crippen LogP contribution in [0.5, 0.6) is 0 Å². The minimum absolute atomic E-state index is 0.0981. The Labute approximate surface area is 169 Å². The van der Waals surface area contributed by atoms with Crippen molar-refractivity contribution in [3.05, 3.63) is 11.9 Å². The van der Waals surface area contributed by atoms with Crippen molar-refractivity contribution in [1.82, 2.24) is 15.1 Å². The maximum absolute atomic E-state index is 14.8. The van der Waals surface area contributed by atoms with Crippen molar-refractivity contribution in [1.29, 1.82) is 0 Å². The Morgan fingerprint density at radius 1 is 1.32 bits per heavy atom. The smallest absolute Gasteiger partial charge is 0.227 e. The summed E-state index contributed by atoms with van der Waals surface area (Å²) >= 11 is 0. The minimum Gasteiger partial charge on any atom is -0.375 e. The number of carbonyl (C=O) groups is 1. The first-order valence-corrected chi connectivity index (χ1v) is 10.5. The normalized spacial score (nSPS) is 26.9. The molecule has 1 amide bonds. The van der Waals surface area contributed by atoms with Gasteiger partial charge in [-0.1, -0.05) is 13.8 Å². The Bertz CT molecular complexity index is 599. The monoisotopic (exact) mass is 396 g/mol. The van der Waals surface area contributed by atoms with Gasteiger partial charge in [0.2, 0.25) is 5.91 Å². The highest BCUT2D eigenvalue weighted by Gasteiger charge is 2.47. The molecule has 1 unspecified atom stereocenters. The predicted molar refractivity (Wildman–Crippen MR) is 111 cm³/mol. The SMILES string of the molecule is CC/C=C(/F)C(=NC)N(CC1(N2CCNCC2)CCOC(C)(C)C1)C(=O)CC. The van der Waals surface area contributed by atoms with Crippen molar-refractivity contribution in [3.8, 4) is 0 Å². The predicted octanol–water partition coefficient (Wildman–Crippen LogP) is 2.75. The fourth-order valence-electron chi connectivity index (χ4n) is 4.49. The zero-order valence-corrected chi connectivity index (χ0v) is 18.2. The van der Waals surface area contributed by atoms with Crippen LogP contribution in [-0.4, -0.2) is 79.1 Å². The van der Waals surface area contributed by atoms with Gasteiger partial charge in [0.15, 0.2) is 11.7 Å². The molecule has 0 aromatic rings. The summed E-state index contributed by atoms with van der Waals surface area (Å²) in [5.74, 6) is -0.375. The molecular weight excluding hydrogens is 359 g/mol. The van der Waals surface area contributed by atoms with E-state index in [4.69, 9.17) is 4.74 Å². The molecule has 6 nitrogen and oxygen atoms in total. The number of allylic oxidation sites excluding steroid dienone is 1. The first-order valence-electron chi connectivity index (χ1n) is 10.5. The van der Waals surface area contributed by atoms with Crippen LogP contribution in [0.4, 0.5) is 4.39 Å². The van der Waals surface area contributed by atoms with Crippen LogP contribution >= 0.6 is 0 Å². The first-order chi connectivity index (χ1) is 13.3. The highest BCUT2D eigenvalue weighted by molar-refractivity contribution is 6.06. The summed E-state index contributed by atoms with van der Waals surface area (Å²) in [5, 5.41) is 3.40. The zero-order chi connectivity index (χ0) is 20.8. The second kappa shape index (κ2) is 9.94. The van der Waals surface area contributed by atoms with E-state index in [0.717, 1.165) is 39.0 Å². The Kier molecular flexibility index (Phi) is 8.16. The van der Waals surface area contributed by atoms with Crippen LogP contribution in [0.3, 0.4) is 0 Å². The van der Waals surface area contributed by atoms with Crippen LogP contribution in [0.15, 0.2) is 16.9 Å². The number of hydrogen-bond donors (Lipinski definition) is 1. The molecule has 2 heterocycles. The van der Waals surface area contributed by atoms with E-state index in [-0.39, 0.29) is 22.9 Å². The van der Waals surface area contributed by atoms with E-state index < -0.39 is 5.83 Å². The molecule has 0 spiro atoms. The third-order valence-corrected chi connectivity index (χ3v) is 5.72. The lowest BCUT2D eigenvalue weighted by atomic mass is 9.78. The molecule has 0 radical (unpaired) electrons. The molecule has 0 aromatic carbocycles. The van der Waals surface area contributed by atoms with Crippen LogP contribution < -0.4 is 5.32 Å². The molecule has 2 fully saturated rings. The molecule has 28 heavy (non-hydrogen) atoms. The number of halogens is 1. The third-order valence-electron chi connectivity index (χ3n) is 5.72. The fraction of sp³-hybridized carbons (Fsp3) is 0.810. The summed E-state index contributed by atoms with van der Waals surface area (Å²) in [7, 11) is 1.56. The third kappa shape index (κ3) is 5.39. The molecule has 160 valence electrons. The molecule has 0 saturated carbocycles. The largest absolute Gasteiger partial charge is 0.375 e. The number of nitrogens with zero attached hydrogens (tertiary/aromatic N) is 3. The summed E-state index contributed by atoms with van der Waals surface area (Å²) in [4.78, 5) is 21.1. The van der Waals surface area contributed by atoms with Gasteiger partial charge in [-0.3, -0.25) is 19.6 Å². The van der Waals surface area contributed by atoms with Crippen molar-refractivity contribution >= 4 is 11.7 Å². The van der Waals surface area contributed by atoms with Crippen molar-refractivity contribution < 1.29 is 13.9 Å². The number of hydrogen-bond acceptors (Lipinski definition) is 5. The number of amides is 1. The summed E-state index contributed by atoms with van der Waals surface area (Å²) < 4.78 is 20.8. The van der Waals surface area contributed by atoms with Crippen molar-refractivity contribution in [2.24, 2.45) is 4.99 Å². The molecule has 1 atom stereocenters. The Hall–Kier alpha value is -1.31. The lowest BCUT2D eigenvalue weighted by Crippen LogP contribution is -2.66. The van der Waals surface area contributed by atoms with Crippen molar-refractivity contribution in [2.75, 3.05) is 46.4 Å². The summed E-state index contributed by atoms with van der Waals surface area (Å²) in [6.07, 6.45) is 3.98. The highest BCUT2D eigenvalue weighted by atomic mass is 19.1. The van der Waals surface area contributed by atoms with E-state index >= 15 is 0 Å². The van der Waals surface area contributed by atoms with E-state index in [0.29, 0.717) is 26.0 Å². The molecule has 0 aromatic heterocycles. The number of amidine groups is 1. The van der Waals surface area contributed by atoms with Crippen LogP contribution in [0.2, 0.25) is 0 Å². The molecule has 0 bridgehead atoms. The van der Waals surface area contributed by atoms with Gasteiger partial charge in [0.25, 0.3) is 0 Å². The maximum Gasteiger partial charge on any atom is 0.227 e. The van der Waals surface area contributed by atoms with Crippen molar-refractivity contribution in [2.45, 2.75) is 64.5 Å². The standard InChI is InChI=1S/C21H37FN4O2/c1-6-8-17(22)19(23-5)26(18(27)7-2)16-21(25-12-10-24-11-13-25)9-14-28-20(3,4)15-21/h8,24H,6-7,9-16H2,1-5H3/b17-8+,23-19?. The Balaban J connectivity index is 2.42. The van der Waals surface area contributed by atoms with Gasteiger partial charge in [-0.05, 0) is 39.2 Å². The average molecular weight is 397 g/mol. The maximum atomic E-state index is 14.8. The van der Waals surface area contributed by atoms with Gasteiger partial charge in [-0.2, -0.15) is 0 Å². The zero-order valence-electron chi connectivity index (χ0n) is 18.2. The topological polar surface area (TPSA) is 57.2 Å². The number of piperazine rings is 1. The molecule has 0 aliphatic carbocycles. The van der Waals surface area contributed by atoms with E-state index in [9.17, 15) is 9.18 Å². The highest BCUT2D eigenvalue weighted by Crippen LogP contribution is 2.38. The fourth-order valence-corrected chi connectivity index (χ4v) is 4.49. The van der Waals surface area contributed by atoms with E-state index in [1.165, 1.54) is 6.08 Å². The number of nitrogens with one attached hydrogen (secondary N) is 1. The lowest BCUT2D eigenvalue weighted by Gasteiger charge is -2.53. The number of ether oxygens (including phenoxy) is 1. The number of rotatable bonds is 6. The second-order valence-electron chi connectivity index (χ2n) is 8.34.